The minimum absolute atomic E-state index is 0.0147. The third kappa shape index (κ3) is 6.53. The molecule has 8 aromatic rings. The monoisotopic (exact) mass is 746 g/mol. The van der Waals surface area contributed by atoms with Crippen LogP contribution in [0.3, 0.4) is 0 Å². The Bertz CT molecular complexity index is 2630. The highest BCUT2D eigenvalue weighted by molar-refractivity contribution is 5.96. The lowest BCUT2D eigenvalue weighted by Gasteiger charge is -2.38. The Morgan fingerprint density at radius 3 is 1.98 bits per heavy atom. The van der Waals surface area contributed by atoms with Gasteiger partial charge in [0.2, 0.25) is 5.91 Å². The van der Waals surface area contributed by atoms with Crippen molar-refractivity contribution in [2.24, 2.45) is 7.05 Å². The third-order valence-electron chi connectivity index (χ3n) is 9.96. The number of hydrogen-bond acceptors (Lipinski definition) is 5. The largest absolute Gasteiger partial charge is 0.483 e. The van der Waals surface area contributed by atoms with Crippen molar-refractivity contribution in [3.63, 3.8) is 0 Å². The molecule has 9 nitrogen and oxygen atoms in total. The highest BCUT2D eigenvalue weighted by Crippen LogP contribution is 2.41. The second kappa shape index (κ2) is 14.9. The van der Waals surface area contributed by atoms with Gasteiger partial charge < -0.3 is 10.1 Å². The fourth-order valence-electron chi connectivity index (χ4n) is 7.47. The maximum atomic E-state index is 16.1. The molecular formula is C45H36F2N6O3. The summed E-state index contributed by atoms with van der Waals surface area (Å²) in [6.07, 6.45) is 1.68. The number of halogens is 2. The van der Waals surface area contributed by atoms with E-state index in [2.05, 4.69) is 51.9 Å². The molecule has 56 heavy (non-hydrogen) atoms. The number of imidazole rings is 1. The van der Waals surface area contributed by atoms with Crippen LogP contribution in [0, 0.1) is 18.6 Å². The summed E-state index contributed by atoms with van der Waals surface area (Å²) in [6, 6.07) is 44.0. The number of ether oxygens (including phenoxy) is 1. The summed E-state index contributed by atoms with van der Waals surface area (Å²) in [4.78, 5) is 26.5. The van der Waals surface area contributed by atoms with Gasteiger partial charge in [-0.1, -0.05) is 97.1 Å². The number of benzene rings is 6. The van der Waals surface area contributed by atoms with Gasteiger partial charge in [-0.25, -0.2) is 13.6 Å². The summed E-state index contributed by atoms with van der Waals surface area (Å²) >= 11 is 0. The predicted molar refractivity (Wildman–Crippen MR) is 211 cm³/mol. The van der Waals surface area contributed by atoms with Gasteiger partial charge in [-0.2, -0.15) is 0 Å². The van der Waals surface area contributed by atoms with Crippen molar-refractivity contribution in [2.45, 2.75) is 25.6 Å². The third-order valence-corrected chi connectivity index (χ3v) is 9.96. The molecule has 0 radical (unpaired) electrons. The average molecular weight is 747 g/mol. The molecule has 0 aliphatic heterocycles. The van der Waals surface area contributed by atoms with Crippen LogP contribution in [0.4, 0.5) is 14.5 Å². The van der Waals surface area contributed by atoms with Crippen molar-refractivity contribution >= 4 is 22.6 Å². The van der Waals surface area contributed by atoms with E-state index in [1.165, 1.54) is 39.5 Å². The van der Waals surface area contributed by atoms with E-state index in [1.54, 1.807) is 25.5 Å². The SMILES string of the molecule is Cc1cc(-c2ccc(OCc3nncn3C(c3ccccc3)(c3ccccc3)c3ccccc3)c(F)c2)c2c(c1)n(CC(=O)Nc1ccc(F)cc1)c(=O)n2C. The van der Waals surface area contributed by atoms with E-state index in [-0.39, 0.29) is 18.9 Å². The second-order valence-corrected chi connectivity index (χ2v) is 13.5. The van der Waals surface area contributed by atoms with E-state index in [0.717, 1.165) is 22.3 Å². The lowest BCUT2D eigenvalue weighted by molar-refractivity contribution is -0.116. The molecule has 278 valence electrons. The Balaban J connectivity index is 1.11. The number of rotatable bonds is 11. The molecule has 2 aromatic heterocycles. The summed E-state index contributed by atoms with van der Waals surface area (Å²) in [7, 11) is 1.61. The Hall–Kier alpha value is -7.14. The van der Waals surface area contributed by atoms with Gasteiger partial charge in [0, 0.05) is 18.3 Å². The van der Waals surface area contributed by atoms with E-state index in [0.29, 0.717) is 33.7 Å². The second-order valence-electron chi connectivity index (χ2n) is 13.5. The normalized spacial score (nSPS) is 11.5. The van der Waals surface area contributed by atoms with Crippen LogP contribution in [-0.2, 0) is 30.5 Å². The number of hydrogen-bond donors (Lipinski definition) is 1. The Morgan fingerprint density at radius 2 is 1.39 bits per heavy atom. The standard InChI is InChI=1S/C45H36F2N6O3/c1-30-24-37(43-39(25-30)52(44(55)51(43)2)27-42(54)49-36-21-19-35(46)20-22-36)31-18-23-40(38(47)26-31)56-28-41-50-48-29-53(41)45(32-12-6-3-7-13-32,33-14-8-4-9-15-33)34-16-10-5-11-17-34/h3-26,29H,27-28H2,1-2H3,(H,49,54). The summed E-state index contributed by atoms with van der Waals surface area (Å²) < 4.78 is 40.4. The molecule has 0 atom stereocenters. The van der Waals surface area contributed by atoms with Crippen LogP contribution in [0.5, 0.6) is 5.75 Å². The van der Waals surface area contributed by atoms with E-state index in [9.17, 15) is 14.0 Å². The highest BCUT2D eigenvalue weighted by atomic mass is 19.1. The number of carbonyl (C=O) groups is 1. The van der Waals surface area contributed by atoms with Gasteiger partial charge in [0.25, 0.3) is 0 Å². The maximum Gasteiger partial charge on any atom is 0.329 e. The molecule has 0 spiro atoms. The van der Waals surface area contributed by atoms with Gasteiger partial charge in [-0.3, -0.25) is 18.5 Å². The Morgan fingerprint density at radius 1 is 0.786 bits per heavy atom. The molecular weight excluding hydrogens is 711 g/mol. The van der Waals surface area contributed by atoms with E-state index >= 15 is 4.39 Å². The fraction of sp³-hybridized carbons (Fsp3) is 0.111. The van der Waals surface area contributed by atoms with Gasteiger partial charge in [-0.15, -0.1) is 10.2 Å². The molecule has 0 saturated heterocycles. The fourth-order valence-corrected chi connectivity index (χ4v) is 7.47. The van der Waals surface area contributed by atoms with Crippen LogP contribution < -0.4 is 15.7 Å². The van der Waals surface area contributed by atoms with Crippen molar-refractivity contribution < 1.29 is 18.3 Å². The Labute approximate surface area is 321 Å². The molecule has 0 aliphatic rings. The maximum absolute atomic E-state index is 16.1. The molecule has 0 aliphatic carbocycles. The molecule has 0 saturated carbocycles. The highest BCUT2D eigenvalue weighted by Gasteiger charge is 2.40. The van der Waals surface area contributed by atoms with Crippen LogP contribution >= 0.6 is 0 Å². The first-order chi connectivity index (χ1) is 27.2. The van der Waals surface area contributed by atoms with Crippen LogP contribution in [0.2, 0.25) is 0 Å². The van der Waals surface area contributed by atoms with Gasteiger partial charge in [0.15, 0.2) is 17.4 Å². The van der Waals surface area contributed by atoms with Crippen molar-refractivity contribution in [2.75, 3.05) is 5.32 Å². The molecule has 1 N–H and O–H groups in total. The molecule has 0 unspecified atom stereocenters. The first-order valence-electron chi connectivity index (χ1n) is 18.0. The zero-order valence-corrected chi connectivity index (χ0v) is 30.6. The molecule has 11 heteroatoms. The van der Waals surface area contributed by atoms with E-state index in [1.807, 2.05) is 78.2 Å². The van der Waals surface area contributed by atoms with Gasteiger partial charge >= 0.3 is 5.69 Å². The molecule has 6 aromatic carbocycles. The summed E-state index contributed by atoms with van der Waals surface area (Å²) in [6.45, 7) is 1.51. The minimum atomic E-state index is -0.876. The van der Waals surface area contributed by atoms with Gasteiger partial charge in [0.1, 0.15) is 30.8 Å². The van der Waals surface area contributed by atoms with Crippen molar-refractivity contribution in [3.8, 4) is 16.9 Å². The quantitative estimate of drug-likeness (QED) is 0.135. The van der Waals surface area contributed by atoms with Crippen molar-refractivity contribution in [3.05, 3.63) is 202 Å². The molecule has 2 heterocycles. The zero-order valence-electron chi connectivity index (χ0n) is 30.6. The van der Waals surface area contributed by atoms with Crippen LogP contribution in [0.15, 0.2) is 157 Å². The predicted octanol–water partition coefficient (Wildman–Crippen LogP) is 8.24. The van der Waals surface area contributed by atoms with Gasteiger partial charge in [-0.05, 0) is 83.3 Å². The Kier molecular flexibility index (Phi) is 9.57. The van der Waals surface area contributed by atoms with Crippen LogP contribution in [-0.4, -0.2) is 29.8 Å². The average Bonchev–Trinajstić information content (AvgIpc) is 3.78. The molecule has 0 fully saturated rings. The summed E-state index contributed by atoms with van der Waals surface area (Å²) in [5.74, 6) is -0.992. The number of nitrogens with zero attached hydrogens (tertiary/aromatic N) is 5. The van der Waals surface area contributed by atoms with Crippen LogP contribution in [0.25, 0.3) is 22.2 Å². The first-order valence-corrected chi connectivity index (χ1v) is 18.0. The zero-order chi connectivity index (χ0) is 38.8. The smallest absolute Gasteiger partial charge is 0.329 e. The van der Waals surface area contributed by atoms with Crippen molar-refractivity contribution in [1.29, 1.82) is 0 Å². The summed E-state index contributed by atoms with van der Waals surface area (Å²) in [5.41, 5.74) is 5.05. The van der Waals surface area contributed by atoms with E-state index in [4.69, 9.17) is 4.74 Å². The number of amides is 1. The van der Waals surface area contributed by atoms with Gasteiger partial charge in [0.05, 0.1) is 11.0 Å². The lowest BCUT2D eigenvalue weighted by Crippen LogP contribution is -2.38. The topological polar surface area (TPSA) is 96.0 Å². The minimum Gasteiger partial charge on any atom is -0.483 e. The molecule has 8 rings (SSSR count). The first kappa shape index (κ1) is 35.9. The van der Waals surface area contributed by atoms with E-state index < -0.39 is 28.8 Å². The number of nitrogens with one attached hydrogen (secondary N) is 1. The molecule has 0 bridgehead atoms. The number of aryl methyl sites for hydroxylation is 2. The van der Waals surface area contributed by atoms with Crippen LogP contribution in [0.1, 0.15) is 28.1 Å². The summed E-state index contributed by atoms with van der Waals surface area (Å²) in [5, 5.41) is 11.5. The number of fused-ring (bicyclic) bond motifs is 1. The lowest BCUT2D eigenvalue weighted by atomic mass is 9.76. The van der Waals surface area contributed by atoms with Crippen molar-refractivity contribution in [1.82, 2.24) is 23.9 Å². The number of aromatic nitrogens is 5. The number of anilines is 1. The molecule has 1 amide bonds. The number of carbonyl (C=O) groups excluding carboxylic acids is 1.